The van der Waals surface area contributed by atoms with E-state index >= 15 is 0 Å². The number of fused-ring (bicyclic) bond motifs is 1. The number of carbonyl (C=O) groups excluding carboxylic acids is 1. The van der Waals surface area contributed by atoms with Gasteiger partial charge in [0.15, 0.2) is 11.3 Å². The Kier molecular flexibility index (Phi) is 3.53. The lowest BCUT2D eigenvalue weighted by atomic mass is 10.1. The van der Waals surface area contributed by atoms with Crippen LogP contribution in [-0.2, 0) is 0 Å². The van der Waals surface area contributed by atoms with E-state index in [0.717, 1.165) is 17.6 Å². The molecule has 116 valence electrons. The fraction of sp³-hybridized carbons (Fsp3) is 0.125. The average Bonchev–Trinajstić information content (AvgIpc) is 2.93. The molecule has 0 saturated carbocycles. The molecule has 0 radical (unpaired) electrons. The Hall–Kier alpha value is -3.22. The van der Waals surface area contributed by atoms with E-state index in [1.54, 1.807) is 28.9 Å². The number of aromatic nitrogens is 3. The van der Waals surface area contributed by atoms with Crippen LogP contribution in [0, 0.1) is 19.3 Å². The lowest BCUT2D eigenvalue weighted by molar-refractivity contribution is 0.102. The van der Waals surface area contributed by atoms with Gasteiger partial charge in [-0.2, -0.15) is 0 Å². The van der Waals surface area contributed by atoms with Crippen LogP contribution in [0.3, 0.4) is 0 Å². The Morgan fingerprint density at radius 1 is 1.35 bits per heavy atom. The Bertz CT molecular complexity index is 928. The number of benzene rings is 1. The van der Waals surface area contributed by atoms with Gasteiger partial charge in [-0.25, -0.2) is 9.97 Å². The first-order valence-electron chi connectivity index (χ1n) is 7.02. The zero-order valence-electron chi connectivity index (χ0n) is 12.8. The maximum absolute atomic E-state index is 12.5. The minimum Gasteiger partial charge on any atom is -0.398 e. The Morgan fingerprint density at radius 2 is 2.13 bits per heavy atom. The van der Waals surface area contributed by atoms with Crippen molar-refractivity contribution in [1.29, 1.82) is 5.41 Å². The summed E-state index contributed by atoms with van der Waals surface area (Å²) >= 11 is 0. The molecule has 0 aliphatic heterocycles. The van der Waals surface area contributed by atoms with Gasteiger partial charge in [-0.1, -0.05) is 0 Å². The van der Waals surface area contributed by atoms with Crippen molar-refractivity contribution in [3.05, 3.63) is 53.2 Å². The molecule has 0 fully saturated rings. The van der Waals surface area contributed by atoms with E-state index in [4.69, 9.17) is 11.1 Å². The quantitative estimate of drug-likeness (QED) is 0.509. The zero-order chi connectivity index (χ0) is 16.6. The van der Waals surface area contributed by atoms with Gasteiger partial charge in [-0.05, 0) is 38.1 Å². The number of nitrogens with zero attached hydrogens (tertiary/aromatic N) is 3. The number of anilines is 2. The number of amides is 1. The van der Waals surface area contributed by atoms with Crippen molar-refractivity contribution in [2.75, 3.05) is 11.1 Å². The third-order valence-corrected chi connectivity index (χ3v) is 3.54. The molecule has 0 aliphatic carbocycles. The number of carbonyl (C=O) groups is 1. The highest BCUT2D eigenvalue weighted by Crippen LogP contribution is 2.18. The van der Waals surface area contributed by atoms with Crippen LogP contribution in [0.15, 0.2) is 30.6 Å². The summed E-state index contributed by atoms with van der Waals surface area (Å²) in [5.74, 6) is -0.356. The van der Waals surface area contributed by atoms with E-state index in [9.17, 15) is 4.79 Å². The molecule has 0 spiro atoms. The summed E-state index contributed by atoms with van der Waals surface area (Å²) in [4.78, 5) is 21.0. The molecule has 0 bridgehead atoms. The molecule has 2 heterocycles. The van der Waals surface area contributed by atoms with Crippen LogP contribution >= 0.6 is 0 Å². The normalized spacial score (nSPS) is 10.7. The fourth-order valence-corrected chi connectivity index (χ4v) is 2.41. The van der Waals surface area contributed by atoms with Gasteiger partial charge < -0.3 is 16.5 Å². The molecule has 2 aromatic heterocycles. The highest BCUT2D eigenvalue weighted by Gasteiger charge is 2.16. The van der Waals surface area contributed by atoms with E-state index in [0.29, 0.717) is 22.6 Å². The molecule has 1 amide bonds. The molecule has 1 aromatic carbocycles. The molecule has 3 rings (SSSR count). The second-order valence-electron chi connectivity index (χ2n) is 5.27. The Morgan fingerprint density at radius 3 is 2.87 bits per heavy atom. The van der Waals surface area contributed by atoms with Crippen molar-refractivity contribution in [3.63, 3.8) is 0 Å². The first-order chi connectivity index (χ1) is 11.0. The van der Waals surface area contributed by atoms with Crippen molar-refractivity contribution < 1.29 is 4.79 Å². The molecule has 3 aromatic rings. The Balaban J connectivity index is 1.97. The van der Waals surface area contributed by atoms with E-state index in [-0.39, 0.29) is 11.6 Å². The molecule has 0 atom stereocenters. The van der Waals surface area contributed by atoms with Gasteiger partial charge in [-0.15, -0.1) is 0 Å². The van der Waals surface area contributed by atoms with Crippen LogP contribution in [0.5, 0.6) is 0 Å². The first kappa shape index (κ1) is 14.7. The van der Waals surface area contributed by atoms with Crippen LogP contribution in [0.4, 0.5) is 11.4 Å². The predicted octanol–water partition coefficient (Wildman–Crippen LogP) is 2.18. The maximum atomic E-state index is 12.5. The molecule has 23 heavy (non-hydrogen) atoms. The highest BCUT2D eigenvalue weighted by molar-refractivity contribution is 6.07. The second kappa shape index (κ2) is 5.53. The summed E-state index contributed by atoms with van der Waals surface area (Å²) in [6.45, 7) is 3.80. The van der Waals surface area contributed by atoms with Gasteiger partial charge in [-0.3, -0.25) is 9.20 Å². The number of hydrogen-bond acceptors (Lipinski definition) is 5. The van der Waals surface area contributed by atoms with E-state index < -0.39 is 0 Å². The van der Waals surface area contributed by atoms with Crippen molar-refractivity contribution >= 4 is 29.1 Å². The van der Waals surface area contributed by atoms with Gasteiger partial charge >= 0.3 is 0 Å². The largest absolute Gasteiger partial charge is 0.398 e. The minimum atomic E-state index is -0.356. The number of rotatable bonds is 3. The summed E-state index contributed by atoms with van der Waals surface area (Å²) in [7, 11) is 0. The van der Waals surface area contributed by atoms with Crippen LogP contribution in [0.1, 0.15) is 27.4 Å². The van der Waals surface area contributed by atoms with Crippen molar-refractivity contribution in [2.45, 2.75) is 13.8 Å². The number of imidazole rings is 1. The van der Waals surface area contributed by atoms with Crippen LogP contribution in [-0.4, -0.2) is 26.5 Å². The number of nitrogen functional groups attached to an aromatic ring is 1. The zero-order valence-corrected chi connectivity index (χ0v) is 12.8. The second-order valence-corrected chi connectivity index (χ2v) is 5.27. The van der Waals surface area contributed by atoms with E-state index in [2.05, 4.69) is 15.3 Å². The monoisotopic (exact) mass is 308 g/mol. The van der Waals surface area contributed by atoms with E-state index in [1.165, 1.54) is 0 Å². The maximum Gasteiger partial charge on any atom is 0.278 e. The number of nitrogens with two attached hydrogens (primary N) is 1. The van der Waals surface area contributed by atoms with Crippen molar-refractivity contribution in [2.24, 2.45) is 0 Å². The van der Waals surface area contributed by atoms with Crippen LogP contribution in [0.2, 0.25) is 0 Å². The molecular weight excluding hydrogens is 292 g/mol. The highest BCUT2D eigenvalue weighted by atomic mass is 16.1. The van der Waals surface area contributed by atoms with Crippen LogP contribution < -0.4 is 11.1 Å². The molecule has 4 N–H and O–H groups in total. The molecule has 7 heteroatoms. The standard InChI is InChI=1S/C16H16N6O/c1-9-5-10(2)22-8-19-14(15(22)20-9)16(23)21-12-3-4-13(18)11(6-12)7-17/h3-8,17H,18H2,1-2H3,(H,21,23). The van der Waals surface area contributed by atoms with Gasteiger partial charge in [0.25, 0.3) is 5.91 Å². The minimum absolute atomic E-state index is 0.255. The van der Waals surface area contributed by atoms with Crippen LogP contribution in [0.25, 0.3) is 5.65 Å². The molecule has 0 aliphatic rings. The predicted molar refractivity (Wildman–Crippen MR) is 89.2 cm³/mol. The van der Waals surface area contributed by atoms with Gasteiger partial charge in [0.1, 0.15) is 6.33 Å². The summed E-state index contributed by atoms with van der Waals surface area (Å²) < 4.78 is 1.77. The van der Waals surface area contributed by atoms with Gasteiger partial charge in [0, 0.05) is 34.5 Å². The molecular formula is C16H16N6O. The molecule has 0 unspecified atom stereocenters. The fourth-order valence-electron chi connectivity index (χ4n) is 2.41. The third-order valence-electron chi connectivity index (χ3n) is 3.54. The van der Waals surface area contributed by atoms with Crippen molar-refractivity contribution in [3.8, 4) is 0 Å². The molecule has 7 nitrogen and oxygen atoms in total. The SMILES string of the molecule is Cc1cc(C)n2cnc(C(=O)Nc3ccc(N)c(C=N)c3)c2n1. The number of hydrogen-bond donors (Lipinski definition) is 3. The summed E-state index contributed by atoms with van der Waals surface area (Å²) in [5, 5.41) is 10.1. The Labute approximate surface area is 132 Å². The summed E-state index contributed by atoms with van der Waals surface area (Å²) in [6, 6.07) is 6.89. The van der Waals surface area contributed by atoms with Gasteiger partial charge in [0.2, 0.25) is 0 Å². The smallest absolute Gasteiger partial charge is 0.278 e. The lowest BCUT2D eigenvalue weighted by Crippen LogP contribution is -2.14. The lowest BCUT2D eigenvalue weighted by Gasteiger charge is -2.07. The molecule has 0 saturated heterocycles. The van der Waals surface area contributed by atoms with Gasteiger partial charge in [0.05, 0.1) is 0 Å². The van der Waals surface area contributed by atoms with Crippen molar-refractivity contribution in [1.82, 2.24) is 14.4 Å². The number of nitrogens with one attached hydrogen (secondary N) is 2. The topological polar surface area (TPSA) is 109 Å². The average molecular weight is 308 g/mol. The third kappa shape index (κ3) is 2.64. The summed E-state index contributed by atoms with van der Waals surface area (Å²) in [6.07, 6.45) is 2.73. The summed E-state index contributed by atoms with van der Waals surface area (Å²) in [5.41, 5.74) is 9.87. The number of aryl methyl sites for hydroxylation is 2. The van der Waals surface area contributed by atoms with E-state index in [1.807, 2.05) is 19.9 Å². The first-order valence-corrected chi connectivity index (χ1v) is 7.02.